The molecule has 2 aliphatic heterocycles. The van der Waals surface area contributed by atoms with Crippen molar-refractivity contribution in [2.75, 3.05) is 19.8 Å². The largest absolute Gasteiger partial charge is 0.397 e. The zero-order valence-electron chi connectivity index (χ0n) is 21.5. The summed E-state index contributed by atoms with van der Waals surface area (Å²) in [6.07, 6.45) is -8.22. The average Bonchev–Trinajstić information content (AvgIpc) is 2.85. The van der Waals surface area contributed by atoms with E-state index in [0.29, 0.717) is 6.42 Å². The molecule has 10 atom stereocenters. The predicted octanol–water partition coefficient (Wildman–Crippen LogP) is -2.04. The van der Waals surface area contributed by atoms with Gasteiger partial charge in [0, 0.05) is 13.5 Å². The lowest BCUT2D eigenvalue weighted by Gasteiger charge is -2.47. The van der Waals surface area contributed by atoms with E-state index in [2.05, 4.69) is 16.4 Å². The van der Waals surface area contributed by atoms with E-state index in [1.165, 1.54) is 6.92 Å². The van der Waals surface area contributed by atoms with Crippen molar-refractivity contribution in [2.24, 2.45) is 0 Å². The van der Waals surface area contributed by atoms with Crippen molar-refractivity contribution in [2.45, 2.75) is 114 Å². The highest BCUT2D eigenvalue weighted by molar-refractivity contribution is 7.80. The second-order valence-electron chi connectivity index (χ2n) is 9.41. The Morgan fingerprint density at radius 2 is 1.53 bits per heavy atom. The van der Waals surface area contributed by atoms with Gasteiger partial charge in [-0.3, -0.25) is 9.35 Å². The minimum Gasteiger partial charge on any atom is -0.394 e. The number of carbonyl (C=O) groups is 1. The van der Waals surface area contributed by atoms with Crippen molar-refractivity contribution in [3.8, 4) is 0 Å². The smallest absolute Gasteiger partial charge is 0.394 e. The summed E-state index contributed by atoms with van der Waals surface area (Å²) in [5, 5.41) is 54.1. The molecule has 2 fully saturated rings. The molecular formula is C22H41NO14S. The Morgan fingerprint density at radius 3 is 2.13 bits per heavy atom. The number of unbranched alkanes of at least 4 members (excludes halogenated alkanes) is 5. The van der Waals surface area contributed by atoms with Crippen molar-refractivity contribution >= 4 is 16.3 Å². The van der Waals surface area contributed by atoms with Crippen LogP contribution in [0.2, 0.25) is 0 Å². The van der Waals surface area contributed by atoms with Crippen molar-refractivity contribution in [3.05, 3.63) is 0 Å². The molecule has 2 saturated heterocycles. The van der Waals surface area contributed by atoms with E-state index >= 15 is 0 Å². The van der Waals surface area contributed by atoms with Gasteiger partial charge in [-0.05, 0) is 6.42 Å². The van der Waals surface area contributed by atoms with Crippen molar-refractivity contribution < 1.29 is 66.4 Å². The first-order valence-electron chi connectivity index (χ1n) is 12.7. The maximum Gasteiger partial charge on any atom is 0.397 e. The lowest BCUT2D eigenvalue weighted by Crippen LogP contribution is -2.67. The zero-order chi connectivity index (χ0) is 28.5. The van der Waals surface area contributed by atoms with Crippen LogP contribution >= 0.6 is 0 Å². The van der Waals surface area contributed by atoms with Gasteiger partial charge in [0.05, 0.1) is 13.2 Å². The molecule has 2 rings (SSSR count). The molecule has 1 amide bonds. The third-order valence-corrected chi connectivity index (χ3v) is 6.78. The Morgan fingerprint density at radius 1 is 0.895 bits per heavy atom. The Hall–Kier alpha value is -1.02. The van der Waals surface area contributed by atoms with Crippen LogP contribution in [0.3, 0.4) is 0 Å². The molecule has 38 heavy (non-hydrogen) atoms. The molecule has 2 heterocycles. The van der Waals surface area contributed by atoms with Crippen molar-refractivity contribution in [1.82, 2.24) is 5.32 Å². The Kier molecular flexibility index (Phi) is 13.7. The normalized spacial score (nSPS) is 36.2. The van der Waals surface area contributed by atoms with Gasteiger partial charge >= 0.3 is 10.4 Å². The second kappa shape index (κ2) is 15.7. The first kappa shape index (κ1) is 33.2. The number of amides is 1. The maximum absolute atomic E-state index is 11.8. The number of aliphatic hydroxyl groups is 5. The SMILES string of the molecule is CCCCCCCCO[C@@H]1O[C@H](CO)[C@@H](O[C@@H]2O[C@H](COS(=O)(=O)O)[C@H](O)[C@H](O)[C@H]2O)[C@H](O)[C@H]1NC(C)=O. The quantitative estimate of drug-likeness (QED) is 0.0824. The van der Waals surface area contributed by atoms with E-state index in [0.717, 1.165) is 32.1 Å². The van der Waals surface area contributed by atoms with Gasteiger partial charge in [-0.1, -0.05) is 39.0 Å². The van der Waals surface area contributed by atoms with Crippen molar-refractivity contribution in [1.29, 1.82) is 0 Å². The van der Waals surface area contributed by atoms with Gasteiger partial charge in [0.25, 0.3) is 0 Å². The van der Waals surface area contributed by atoms with Crippen LogP contribution in [0.4, 0.5) is 0 Å². The number of hydrogen-bond donors (Lipinski definition) is 7. The highest BCUT2D eigenvalue weighted by Gasteiger charge is 2.51. The molecule has 224 valence electrons. The zero-order valence-corrected chi connectivity index (χ0v) is 22.3. The highest BCUT2D eigenvalue weighted by Crippen LogP contribution is 2.30. The summed E-state index contributed by atoms with van der Waals surface area (Å²) in [6.45, 7) is 2.01. The summed E-state index contributed by atoms with van der Waals surface area (Å²) < 4.78 is 57.2. The summed E-state index contributed by atoms with van der Waals surface area (Å²) in [4.78, 5) is 11.8. The van der Waals surface area contributed by atoms with Crippen LogP contribution in [0.5, 0.6) is 0 Å². The lowest BCUT2D eigenvalue weighted by molar-refractivity contribution is -0.347. The lowest BCUT2D eigenvalue weighted by atomic mass is 9.95. The Balaban J connectivity index is 2.09. The minimum atomic E-state index is -4.91. The molecular weight excluding hydrogens is 534 g/mol. The third-order valence-electron chi connectivity index (χ3n) is 6.34. The fourth-order valence-electron chi connectivity index (χ4n) is 4.32. The predicted molar refractivity (Wildman–Crippen MR) is 128 cm³/mol. The number of ether oxygens (including phenoxy) is 4. The van der Waals surface area contributed by atoms with Crippen LogP contribution in [0.25, 0.3) is 0 Å². The van der Waals surface area contributed by atoms with Gasteiger partial charge in [0.15, 0.2) is 12.6 Å². The molecule has 0 aliphatic carbocycles. The van der Waals surface area contributed by atoms with Crippen molar-refractivity contribution in [3.63, 3.8) is 0 Å². The number of rotatable bonds is 15. The molecule has 0 spiro atoms. The first-order chi connectivity index (χ1) is 17.9. The number of aliphatic hydroxyl groups excluding tert-OH is 5. The monoisotopic (exact) mass is 575 g/mol. The van der Waals surface area contributed by atoms with E-state index in [-0.39, 0.29) is 6.61 Å². The minimum absolute atomic E-state index is 0.271. The number of nitrogens with one attached hydrogen (secondary N) is 1. The maximum atomic E-state index is 11.8. The number of carbonyl (C=O) groups excluding carboxylic acids is 1. The topological polar surface area (TPSA) is 231 Å². The summed E-state index contributed by atoms with van der Waals surface area (Å²) in [7, 11) is -4.91. The molecule has 0 aromatic rings. The second-order valence-corrected chi connectivity index (χ2v) is 10.5. The van der Waals surface area contributed by atoms with Gasteiger partial charge < -0.3 is 49.8 Å². The molecule has 7 N–H and O–H groups in total. The van der Waals surface area contributed by atoms with E-state index in [1.807, 2.05) is 0 Å². The standard InChI is InChI=1S/C22H41NO14S/c1-3-4-5-6-7-8-9-33-21-15(23-12(2)25)17(27)20(13(10-24)35-21)37-22-19(29)18(28)16(26)14(36-22)11-34-38(30,31)32/h13-22,24,26-29H,3-11H2,1-2H3,(H,23,25)(H,30,31,32)/t13-,14-,15-,16+,17-,18+,19-,20-,21-,22+/m1/s1. The van der Waals surface area contributed by atoms with Crippen LogP contribution < -0.4 is 5.32 Å². The van der Waals surface area contributed by atoms with E-state index in [4.69, 9.17) is 23.5 Å². The van der Waals surface area contributed by atoms with Gasteiger partial charge in [0.2, 0.25) is 5.91 Å². The van der Waals surface area contributed by atoms with Crippen LogP contribution in [-0.4, -0.2) is 126 Å². The molecule has 2 aliphatic rings. The van der Waals surface area contributed by atoms with Crippen LogP contribution in [-0.2, 0) is 38.3 Å². The van der Waals surface area contributed by atoms with Gasteiger partial charge in [-0.15, -0.1) is 0 Å². The molecule has 0 aromatic heterocycles. The molecule has 0 bridgehead atoms. The van der Waals surface area contributed by atoms with E-state index in [1.54, 1.807) is 0 Å². The van der Waals surface area contributed by atoms with Gasteiger partial charge in [-0.25, -0.2) is 4.18 Å². The summed E-state index contributed by atoms with van der Waals surface area (Å²) in [6, 6.07) is -1.14. The Labute approximate surface area is 221 Å². The molecule has 0 radical (unpaired) electrons. The fourth-order valence-corrected chi connectivity index (χ4v) is 4.63. The number of hydrogen-bond acceptors (Lipinski definition) is 13. The molecule has 15 nitrogen and oxygen atoms in total. The molecule has 0 unspecified atom stereocenters. The molecule has 0 saturated carbocycles. The fraction of sp³-hybridized carbons (Fsp3) is 0.955. The van der Waals surface area contributed by atoms with Crippen LogP contribution in [0.1, 0.15) is 52.4 Å². The van der Waals surface area contributed by atoms with Crippen LogP contribution in [0.15, 0.2) is 0 Å². The summed E-state index contributed by atoms with van der Waals surface area (Å²) in [5.41, 5.74) is 0. The van der Waals surface area contributed by atoms with Crippen LogP contribution in [0, 0.1) is 0 Å². The molecule has 16 heteroatoms. The summed E-state index contributed by atoms with van der Waals surface area (Å²) in [5.74, 6) is -0.512. The van der Waals surface area contributed by atoms with Gasteiger partial charge in [0.1, 0.15) is 48.8 Å². The first-order valence-corrected chi connectivity index (χ1v) is 14.1. The third kappa shape index (κ3) is 9.87. The average molecular weight is 576 g/mol. The van der Waals surface area contributed by atoms with Gasteiger partial charge in [-0.2, -0.15) is 8.42 Å². The van der Waals surface area contributed by atoms with E-state index < -0.39 is 90.9 Å². The molecule has 0 aromatic carbocycles. The Bertz CT molecular complexity index is 816. The highest BCUT2D eigenvalue weighted by atomic mass is 32.3. The summed E-state index contributed by atoms with van der Waals surface area (Å²) >= 11 is 0. The van der Waals surface area contributed by atoms with E-state index in [9.17, 15) is 38.7 Å².